The summed E-state index contributed by atoms with van der Waals surface area (Å²) in [6.07, 6.45) is 2.74. The van der Waals surface area contributed by atoms with Gasteiger partial charge in [-0.05, 0) is 62.0 Å². The van der Waals surface area contributed by atoms with Gasteiger partial charge in [-0.1, -0.05) is 28.1 Å². The predicted octanol–water partition coefficient (Wildman–Crippen LogP) is 2.83. The molecule has 3 aliphatic heterocycles. The maximum Gasteiger partial charge on any atom is 0.0178 e. The van der Waals surface area contributed by atoms with Gasteiger partial charge in [-0.3, -0.25) is 0 Å². The minimum Gasteiger partial charge on any atom is -0.330 e. The maximum absolute atomic E-state index is 6.08. The Kier molecular flexibility index (Phi) is 3.73. The first-order valence-electron chi connectivity index (χ1n) is 6.96. The third-order valence-corrected chi connectivity index (χ3v) is 5.25. The predicted molar refractivity (Wildman–Crippen MR) is 78.6 cm³/mol. The van der Waals surface area contributed by atoms with Crippen molar-refractivity contribution in [2.45, 2.75) is 18.8 Å². The largest absolute Gasteiger partial charge is 0.330 e. The molecule has 2 unspecified atom stereocenters. The lowest BCUT2D eigenvalue weighted by molar-refractivity contribution is 0.0379. The summed E-state index contributed by atoms with van der Waals surface area (Å²) in [7, 11) is 0. The highest BCUT2D eigenvalue weighted by Crippen LogP contribution is 2.40. The zero-order valence-electron chi connectivity index (χ0n) is 10.7. The van der Waals surface area contributed by atoms with Crippen LogP contribution in [0.3, 0.4) is 0 Å². The minimum absolute atomic E-state index is 0.524. The molecule has 3 saturated heterocycles. The van der Waals surface area contributed by atoms with Gasteiger partial charge in [0.15, 0.2) is 0 Å². The molecule has 2 atom stereocenters. The minimum atomic E-state index is 0.524. The van der Waals surface area contributed by atoms with Crippen molar-refractivity contribution in [1.29, 1.82) is 0 Å². The summed E-state index contributed by atoms with van der Waals surface area (Å²) < 4.78 is 1.17. The van der Waals surface area contributed by atoms with Gasteiger partial charge in [0.1, 0.15) is 0 Å². The second-order valence-corrected chi connectivity index (χ2v) is 6.61. The Balaban J connectivity index is 1.84. The highest BCUT2D eigenvalue weighted by Gasteiger charge is 2.38. The van der Waals surface area contributed by atoms with Gasteiger partial charge < -0.3 is 10.6 Å². The Morgan fingerprint density at radius 1 is 1.33 bits per heavy atom. The molecule has 98 valence electrons. The van der Waals surface area contributed by atoms with E-state index in [2.05, 4.69) is 45.1 Å². The van der Waals surface area contributed by atoms with Gasteiger partial charge in [-0.15, -0.1) is 0 Å². The number of hydrogen-bond donors (Lipinski definition) is 1. The number of nitrogens with zero attached hydrogens (tertiary/aromatic N) is 1. The van der Waals surface area contributed by atoms with E-state index in [9.17, 15) is 0 Å². The van der Waals surface area contributed by atoms with Crippen molar-refractivity contribution in [2.75, 3.05) is 26.2 Å². The van der Waals surface area contributed by atoms with Crippen LogP contribution in [0.15, 0.2) is 28.7 Å². The molecule has 0 aromatic heterocycles. The van der Waals surface area contributed by atoms with Crippen LogP contribution in [0.2, 0.25) is 0 Å². The average molecular weight is 309 g/mol. The smallest absolute Gasteiger partial charge is 0.0178 e. The molecule has 0 amide bonds. The maximum atomic E-state index is 6.08. The summed E-state index contributed by atoms with van der Waals surface area (Å²) in [5.41, 5.74) is 7.49. The van der Waals surface area contributed by atoms with E-state index >= 15 is 0 Å². The average Bonchev–Trinajstić information content (AvgIpc) is 2.41. The number of hydrogen-bond acceptors (Lipinski definition) is 2. The summed E-state index contributed by atoms with van der Waals surface area (Å²) in [5, 5.41) is 0. The van der Waals surface area contributed by atoms with Crippen LogP contribution >= 0.6 is 15.9 Å². The summed E-state index contributed by atoms with van der Waals surface area (Å²) in [6, 6.07) is 8.70. The lowest BCUT2D eigenvalue weighted by Gasteiger charge is -2.47. The highest BCUT2D eigenvalue weighted by atomic mass is 79.9. The van der Waals surface area contributed by atoms with E-state index in [1.165, 1.54) is 42.5 Å². The van der Waals surface area contributed by atoms with E-state index in [0.717, 1.165) is 18.4 Å². The first kappa shape index (κ1) is 12.6. The number of halogens is 1. The molecule has 3 heteroatoms. The monoisotopic (exact) mass is 308 g/mol. The van der Waals surface area contributed by atoms with Crippen LogP contribution < -0.4 is 5.73 Å². The molecule has 3 fully saturated rings. The molecule has 1 aromatic rings. The van der Waals surface area contributed by atoms with Crippen molar-refractivity contribution in [3.63, 3.8) is 0 Å². The van der Waals surface area contributed by atoms with E-state index in [0.29, 0.717) is 5.92 Å². The molecule has 1 aromatic carbocycles. The molecular weight excluding hydrogens is 288 g/mol. The van der Waals surface area contributed by atoms with Crippen LogP contribution in [0.5, 0.6) is 0 Å². The van der Waals surface area contributed by atoms with Crippen LogP contribution in [0.4, 0.5) is 0 Å². The van der Waals surface area contributed by atoms with Crippen LogP contribution in [-0.2, 0) is 0 Å². The molecule has 0 aliphatic carbocycles. The van der Waals surface area contributed by atoms with Crippen LogP contribution in [0, 0.1) is 11.8 Å². The van der Waals surface area contributed by atoms with Gasteiger partial charge in [0.05, 0.1) is 0 Å². The lowest BCUT2D eigenvalue weighted by atomic mass is 9.70. The molecule has 18 heavy (non-hydrogen) atoms. The van der Waals surface area contributed by atoms with E-state index in [1.807, 2.05) is 0 Å². The Morgan fingerprint density at radius 3 is 2.67 bits per heavy atom. The molecule has 2 nitrogen and oxygen atoms in total. The molecule has 4 rings (SSSR count). The summed E-state index contributed by atoms with van der Waals surface area (Å²) >= 11 is 3.57. The van der Waals surface area contributed by atoms with Crippen molar-refractivity contribution in [1.82, 2.24) is 4.90 Å². The molecule has 0 saturated carbocycles. The van der Waals surface area contributed by atoms with E-state index in [-0.39, 0.29) is 0 Å². The number of piperidine rings is 3. The Morgan fingerprint density at radius 2 is 2.11 bits per heavy atom. The summed E-state index contributed by atoms with van der Waals surface area (Å²) in [5.74, 6) is 2.17. The fourth-order valence-corrected chi connectivity index (χ4v) is 4.18. The van der Waals surface area contributed by atoms with Gasteiger partial charge in [0, 0.05) is 16.9 Å². The van der Waals surface area contributed by atoms with Gasteiger partial charge in [-0.2, -0.15) is 0 Å². The molecular formula is C15H21BrN2. The number of benzene rings is 1. The zero-order chi connectivity index (χ0) is 12.5. The first-order valence-corrected chi connectivity index (χ1v) is 7.75. The second-order valence-electron chi connectivity index (χ2n) is 5.70. The molecule has 2 N–H and O–H groups in total. The van der Waals surface area contributed by atoms with Crippen molar-refractivity contribution < 1.29 is 0 Å². The van der Waals surface area contributed by atoms with Crippen LogP contribution in [-0.4, -0.2) is 31.1 Å². The Bertz CT molecular complexity index is 413. The fraction of sp³-hybridized carbons (Fsp3) is 0.600. The molecule has 3 heterocycles. The van der Waals surface area contributed by atoms with Gasteiger partial charge in [-0.25, -0.2) is 0 Å². The van der Waals surface area contributed by atoms with Gasteiger partial charge in [0.25, 0.3) is 0 Å². The standard InChI is InChI=1S/C15H21BrN2/c16-13-3-1-2-12(8-13)14(9-17)15-10-18-6-4-11(15)5-7-18/h1-3,8,11,14-15H,4-7,9-10,17H2. The van der Waals surface area contributed by atoms with Gasteiger partial charge >= 0.3 is 0 Å². The van der Waals surface area contributed by atoms with E-state index < -0.39 is 0 Å². The zero-order valence-corrected chi connectivity index (χ0v) is 12.3. The third-order valence-electron chi connectivity index (χ3n) is 4.75. The summed E-state index contributed by atoms with van der Waals surface area (Å²) in [4.78, 5) is 2.62. The lowest BCUT2D eigenvalue weighted by Crippen LogP contribution is -2.50. The number of nitrogens with two attached hydrogens (primary N) is 1. The van der Waals surface area contributed by atoms with Crippen LogP contribution in [0.25, 0.3) is 0 Å². The molecule has 2 bridgehead atoms. The third kappa shape index (κ3) is 2.36. The SMILES string of the molecule is NCC(c1cccc(Br)c1)C1CN2CCC1CC2. The topological polar surface area (TPSA) is 29.3 Å². The van der Waals surface area contributed by atoms with Crippen LogP contribution in [0.1, 0.15) is 24.3 Å². The number of fused-ring (bicyclic) bond motifs is 3. The Hall–Kier alpha value is -0.380. The number of rotatable bonds is 3. The fourth-order valence-electron chi connectivity index (χ4n) is 3.76. The summed E-state index contributed by atoms with van der Waals surface area (Å²) in [6.45, 7) is 4.62. The normalized spacial score (nSPS) is 32.4. The molecule has 3 aliphatic rings. The van der Waals surface area contributed by atoms with Crippen molar-refractivity contribution in [3.8, 4) is 0 Å². The quantitative estimate of drug-likeness (QED) is 0.930. The van der Waals surface area contributed by atoms with Crippen molar-refractivity contribution in [3.05, 3.63) is 34.3 Å². The highest BCUT2D eigenvalue weighted by molar-refractivity contribution is 9.10. The van der Waals surface area contributed by atoms with E-state index in [4.69, 9.17) is 5.73 Å². The molecule has 0 spiro atoms. The van der Waals surface area contributed by atoms with Gasteiger partial charge in [0.2, 0.25) is 0 Å². The van der Waals surface area contributed by atoms with Crippen molar-refractivity contribution in [2.24, 2.45) is 17.6 Å². The van der Waals surface area contributed by atoms with E-state index in [1.54, 1.807) is 0 Å². The molecule has 0 radical (unpaired) electrons. The second kappa shape index (κ2) is 5.32. The Labute approximate surface area is 118 Å². The first-order chi connectivity index (χ1) is 8.78. The van der Waals surface area contributed by atoms with Crippen molar-refractivity contribution >= 4 is 15.9 Å².